The zero-order chi connectivity index (χ0) is 20.5. The number of hydrogen-bond donors (Lipinski definition) is 1. The molecule has 1 aromatic heterocycles. The molecule has 1 aromatic carbocycles. The number of pyridine rings is 1. The van der Waals surface area contributed by atoms with Crippen LogP contribution in [0.2, 0.25) is 0 Å². The van der Waals surface area contributed by atoms with E-state index in [1.54, 1.807) is 32.9 Å². The van der Waals surface area contributed by atoms with Crippen LogP contribution in [0.15, 0.2) is 42.5 Å². The number of hydrogen-bond acceptors (Lipinski definition) is 7. The smallest absolute Gasteiger partial charge is 0.413 e. The van der Waals surface area contributed by atoms with Gasteiger partial charge in [0.15, 0.2) is 5.69 Å². The molecule has 0 spiro atoms. The fourth-order valence-corrected chi connectivity index (χ4v) is 2.41. The number of anilines is 1. The van der Waals surface area contributed by atoms with E-state index in [0.717, 1.165) is 0 Å². The third kappa shape index (κ3) is 3.98. The summed E-state index contributed by atoms with van der Waals surface area (Å²) >= 11 is 0. The second kappa shape index (κ2) is 7.10. The van der Waals surface area contributed by atoms with Crippen molar-refractivity contribution in [2.75, 3.05) is 5.32 Å². The normalized spacial score (nSPS) is 13.2. The van der Waals surface area contributed by atoms with Gasteiger partial charge in [0.2, 0.25) is 0 Å². The summed E-state index contributed by atoms with van der Waals surface area (Å²) in [5.74, 6) is -2.46. The van der Waals surface area contributed by atoms with E-state index in [1.807, 2.05) is 0 Å². The van der Waals surface area contributed by atoms with E-state index < -0.39 is 29.5 Å². The molecule has 9 nitrogen and oxygen atoms in total. The highest BCUT2D eigenvalue weighted by Gasteiger charge is 2.39. The lowest BCUT2D eigenvalue weighted by molar-refractivity contribution is -0.0588. The maximum absolute atomic E-state index is 12.3. The number of carbonyl (C=O) groups is 4. The summed E-state index contributed by atoms with van der Waals surface area (Å²) in [6, 6.07) is 10.4. The number of benzene rings is 1. The molecule has 0 bridgehead atoms. The van der Waals surface area contributed by atoms with Gasteiger partial charge in [-0.05, 0) is 45.0 Å². The van der Waals surface area contributed by atoms with Gasteiger partial charge in [-0.3, -0.25) is 14.9 Å². The molecule has 2 aromatic rings. The molecule has 1 aliphatic heterocycles. The monoisotopic (exact) mass is 383 g/mol. The predicted octanol–water partition coefficient (Wildman–Crippen LogP) is 2.80. The Morgan fingerprint density at radius 2 is 1.57 bits per heavy atom. The van der Waals surface area contributed by atoms with Gasteiger partial charge in [0, 0.05) is 0 Å². The predicted molar refractivity (Wildman–Crippen MR) is 96.5 cm³/mol. The van der Waals surface area contributed by atoms with Gasteiger partial charge in [0.25, 0.3) is 11.8 Å². The first-order valence-corrected chi connectivity index (χ1v) is 8.33. The molecule has 144 valence electrons. The Kier molecular flexibility index (Phi) is 4.83. The summed E-state index contributed by atoms with van der Waals surface area (Å²) in [5, 5.41) is 2.78. The van der Waals surface area contributed by atoms with Gasteiger partial charge < -0.3 is 9.57 Å². The lowest BCUT2D eigenvalue weighted by Crippen LogP contribution is -2.33. The Morgan fingerprint density at radius 1 is 0.964 bits per heavy atom. The summed E-state index contributed by atoms with van der Waals surface area (Å²) < 4.78 is 5.11. The van der Waals surface area contributed by atoms with E-state index in [9.17, 15) is 19.2 Å². The Morgan fingerprint density at radius 3 is 2.14 bits per heavy atom. The number of nitrogens with one attached hydrogen (secondary N) is 1. The van der Waals surface area contributed by atoms with Gasteiger partial charge in [-0.1, -0.05) is 23.3 Å². The molecular weight excluding hydrogens is 366 g/mol. The highest BCUT2D eigenvalue weighted by Crippen LogP contribution is 2.23. The van der Waals surface area contributed by atoms with E-state index in [1.165, 1.54) is 30.3 Å². The average Bonchev–Trinajstić information content (AvgIpc) is 2.85. The minimum absolute atomic E-state index is 0.0473. The van der Waals surface area contributed by atoms with E-state index in [0.29, 0.717) is 5.06 Å². The van der Waals surface area contributed by atoms with Crippen LogP contribution in [-0.4, -0.2) is 39.5 Å². The fourth-order valence-electron chi connectivity index (χ4n) is 2.41. The van der Waals surface area contributed by atoms with Crippen molar-refractivity contribution in [1.82, 2.24) is 10.0 Å². The number of imide groups is 1. The zero-order valence-electron chi connectivity index (χ0n) is 15.4. The number of ether oxygens (including phenoxy) is 1. The van der Waals surface area contributed by atoms with Crippen LogP contribution in [0, 0.1) is 0 Å². The Balaban J connectivity index is 1.71. The van der Waals surface area contributed by atoms with Crippen molar-refractivity contribution in [2.45, 2.75) is 26.4 Å². The lowest BCUT2D eigenvalue weighted by atomic mass is 10.1. The summed E-state index contributed by atoms with van der Waals surface area (Å²) in [4.78, 5) is 57.5. The fraction of sp³-hybridized carbons (Fsp3) is 0.211. The van der Waals surface area contributed by atoms with E-state index >= 15 is 0 Å². The quantitative estimate of drug-likeness (QED) is 0.810. The van der Waals surface area contributed by atoms with E-state index in [-0.39, 0.29) is 22.6 Å². The Labute approximate surface area is 160 Å². The molecule has 0 saturated heterocycles. The highest BCUT2D eigenvalue weighted by molar-refractivity contribution is 6.21. The number of amides is 3. The first-order chi connectivity index (χ1) is 13.2. The van der Waals surface area contributed by atoms with Gasteiger partial charge in [-0.25, -0.2) is 14.6 Å². The van der Waals surface area contributed by atoms with Crippen molar-refractivity contribution >= 4 is 29.7 Å². The molecule has 0 aliphatic carbocycles. The van der Waals surface area contributed by atoms with E-state index in [4.69, 9.17) is 9.57 Å². The molecule has 0 radical (unpaired) electrons. The number of rotatable bonds is 3. The molecule has 1 aliphatic rings. The first-order valence-electron chi connectivity index (χ1n) is 8.33. The van der Waals surface area contributed by atoms with Crippen LogP contribution in [0.3, 0.4) is 0 Å². The van der Waals surface area contributed by atoms with Crippen LogP contribution in [-0.2, 0) is 9.57 Å². The second-order valence-electron chi connectivity index (χ2n) is 6.86. The lowest BCUT2D eigenvalue weighted by Gasteiger charge is -2.19. The molecule has 0 atom stereocenters. The SMILES string of the molecule is CC(C)(C)OC(=O)Nc1cccc(C(=O)ON2C(=O)c3ccccc3C2=O)n1. The molecule has 0 unspecified atom stereocenters. The minimum atomic E-state index is -1.03. The van der Waals surface area contributed by atoms with Gasteiger partial charge in [0.1, 0.15) is 11.4 Å². The third-order valence-electron chi connectivity index (χ3n) is 3.52. The molecule has 3 rings (SSSR count). The molecule has 9 heteroatoms. The van der Waals surface area contributed by atoms with E-state index in [2.05, 4.69) is 10.3 Å². The summed E-state index contributed by atoms with van der Waals surface area (Å²) in [7, 11) is 0. The third-order valence-corrected chi connectivity index (χ3v) is 3.52. The Hall–Kier alpha value is -3.75. The second-order valence-corrected chi connectivity index (χ2v) is 6.86. The van der Waals surface area contributed by atoms with Crippen LogP contribution >= 0.6 is 0 Å². The molecule has 28 heavy (non-hydrogen) atoms. The summed E-state index contributed by atoms with van der Waals surface area (Å²) in [6.07, 6.45) is -0.745. The van der Waals surface area contributed by atoms with Crippen molar-refractivity contribution in [2.24, 2.45) is 0 Å². The molecule has 2 heterocycles. The number of carbonyl (C=O) groups excluding carboxylic acids is 4. The molecule has 0 fully saturated rings. The number of aromatic nitrogens is 1. The van der Waals surface area contributed by atoms with Crippen LogP contribution in [0.1, 0.15) is 52.0 Å². The molecule has 0 saturated carbocycles. The van der Waals surface area contributed by atoms with Crippen molar-refractivity contribution in [1.29, 1.82) is 0 Å². The van der Waals surface area contributed by atoms with Crippen molar-refractivity contribution in [3.63, 3.8) is 0 Å². The summed E-state index contributed by atoms with van der Waals surface area (Å²) in [5.41, 5.74) is -0.612. The number of nitrogens with zero attached hydrogens (tertiary/aromatic N) is 2. The molecule has 3 amide bonds. The van der Waals surface area contributed by atoms with Gasteiger partial charge in [-0.2, -0.15) is 0 Å². The van der Waals surface area contributed by atoms with Crippen molar-refractivity contribution < 1.29 is 28.8 Å². The van der Waals surface area contributed by atoms with Gasteiger partial charge >= 0.3 is 12.1 Å². The van der Waals surface area contributed by atoms with Crippen LogP contribution < -0.4 is 5.32 Å². The molecular formula is C19H17N3O6. The van der Waals surface area contributed by atoms with Crippen molar-refractivity contribution in [3.8, 4) is 0 Å². The van der Waals surface area contributed by atoms with Crippen LogP contribution in [0.5, 0.6) is 0 Å². The van der Waals surface area contributed by atoms with Crippen LogP contribution in [0.25, 0.3) is 0 Å². The number of hydroxylamine groups is 2. The zero-order valence-corrected chi connectivity index (χ0v) is 15.4. The van der Waals surface area contributed by atoms with Gasteiger partial charge in [-0.15, -0.1) is 0 Å². The maximum Gasteiger partial charge on any atom is 0.413 e. The Bertz CT molecular complexity index is 945. The minimum Gasteiger partial charge on any atom is -0.444 e. The van der Waals surface area contributed by atoms with Crippen molar-refractivity contribution in [3.05, 3.63) is 59.3 Å². The van der Waals surface area contributed by atoms with Crippen LogP contribution in [0.4, 0.5) is 10.6 Å². The van der Waals surface area contributed by atoms with Gasteiger partial charge in [0.05, 0.1) is 11.1 Å². The molecule has 1 N–H and O–H groups in total. The largest absolute Gasteiger partial charge is 0.444 e. The standard InChI is InChI=1S/C19H17N3O6/c1-19(2,3)27-18(26)21-14-10-6-9-13(20-14)17(25)28-22-15(23)11-7-4-5-8-12(11)16(22)24/h4-10H,1-3H3,(H,20,21,26). The maximum atomic E-state index is 12.3. The number of fused-ring (bicyclic) bond motifs is 1. The topological polar surface area (TPSA) is 115 Å². The average molecular weight is 383 g/mol. The first kappa shape index (κ1) is 19.0. The highest BCUT2D eigenvalue weighted by atomic mass is 16.7. The summed E-state index contributed by atoms with van der Waals surface area (Å²) in [6.45, 7) is 5.11.